The normalized spacial score (nSPS) is 11.0. The zero-order valence-corrected chi connectivity index (χ0v) is 15.7. The Bertz CT molecular complexity index is 849. The molecule has 0 spiro atoms. The number of nitriles is 1. The Labute approximate surface area is 162 Å². The van der Waals surface area contributed by atoms with Gasteiger partial charge in [-0.3, -0.25) is 15.6 Å². The van der Waals surface area contributed by atoms with E-state index in [1.54, 1.807) is 37.3 Å². The highest BCUT2D eigenvalue weighted by atomic mass is 35.5. The van der Waals surface area contributed by atoms with Crippen LogP contribution in [0.25, 0.3) is 0 Å². The van der Waals surface area contributed by atoms with Gasteiger partial charge in [-0.25, -0.2) is 0 Å². The minimum Gasteiger partial charge on any atom is -0.481 e. The topological polar surface area (TPSA) is 86.2 Å². The van der Waals surface area contributed by atoms with Crippen LogP contribution in [0.2, 0.25) is 5.02 Å². The molecule has 0 saturated carbocycles. The predicted octanol–water partition coefficient (Wildman–Crippen LogP) is 3.31. The van der Waals surface area contributed by atoms with E-state index in [0.29, 0.717) is 22.0 Å². The highest BCUT2D eigenvalue weighted by Gasteiger charge is 2.14. The van der Waals surface area contributed by atoms with E-state index in [-0.39, 0.29) is 5.11 Å². The molecule has 2 aromatic carbocycles. The van der Waals surface area contributed by atoms with Crippen molar-refractivity contribution in [2.24, 2.45) is 0 Å². The van der Waals surface area contributed by atoms with Gasteiger partial charge in [-0.15, -0.1) is 0 Å². The zero-order valence-electron chi connectivity index (χ0n) is 14.2. The fourth-order valence-electron chi connectivity index (χ4n) is 1.92. The average molecular weight is 389 g/mol. The second-order valence-corrected chi connectivity index (χ2v) is 6.24. The molecule has 134 valence electrons. The first-order valence-electron chi connectivity index (χ1n) is 7.69. The van der Waals surface area contributed by atoms with Gasteiger partial charge in [0.05, 0.1) is 11.6 Å². The van der Waals surface area contributed by atoms with Crippen molar-refractivity contribution in [1.82, 2.24) is 10.9 Å². The van der Waals surface area contributed by atoms with Crippen LogP contribution in [0.5, 0.6) is 5.75 Å². The summed E-state index contributed by atoms with van der Waals surface area (Å²) in [5, 5.41) is 12.5. The molecule has 3 N–H and O–H groups in total. The van der Waals surface area contributed by atoms with Gasteiger partial charge in [-0.1, -0.05) is 17.7 Å². The summed E-state index contributed by atoms with van der Waals surface area (Å²) < 4.78 is 5.51. The molecule has 0 fully saturated rings. The Morgan fingerprint density at radius 2 is 1.92 bits per heavy atom. The summed E-state index contributed by atoms with van der Waals surface area (Å²) in [6, 6.07) is 13.9. The van der Waals surface area contributed by atoms with Gasteiger partial charge in [0.15, 0.2) is 11.2 Å². The number of benzene rings is 2. The summed E-state index contributed by atoms with van der Waals surface area (Å²) in [6.45, 7) is 3.50. The molecule has 0 aliphatic heterocycles. The standard InChI is InChI=1S/C18H17ClN4O2S/c1-11-3-6-14(9-16(11)19)21-18(26)23-22-17(24)12(2)25-15-7-4-13(10-20)5-8-15/h3-9,12H,1-2H3,(H,22,24)(H2,21,23,26)/t12-/m1/s1. The van der Waals surface area contributed by atoms with Gasteiger partial charge >= 0.3 is 0 Å². The Morgan fingerprint density at radius 3 is 2.54 bits per heavy atom. The number of hydrogen-bond acceptors (Lipinski definition) is 4. The van der Waals surface area contributed by atoms with Gasteiger partial charge < -0.3 is 10.1 Å². The van der Waals surface area contributed by atoms with Crippen LogP contribution in [-0.2, 0) is 4.79 Å². The first-order chi connectivity index (χ1) is 12.4. The van der Waals surface area contributed by atoms with Crippen molar-refractivity contribution in [3.05, 3.63) is 58.6 Å². The van der Waals surface area contributed by atoms with Crippen molar-refractivity contribution in [2.45, 2.75) is 20.0 Å². The maximum Gasteiger partial charge on any atom is 0.279 e. The first-order valence-corrected chi connectivity index (χ1v) is 8.47. The lowest BCUT2D eigenvalue weighted by molar-refractivity contribution is -0.127. The molecule has 0 heterocycles. The van der Waals surface area contributed by atoms with Crippen LogP contribution in [-0.4, -0.2) is 17.1 Å². The molecule has 26 heavy (non-hydrogen) atoms. The molecule has 0 aromatic heterocycles. The minimum absolute atomic E-state index is 0.212. The van der Waals surface area contributed by atoms with E-state index < -0.39 is 12.0 Å². The fourth-order valence-corrected chi connectivity index (χ4v) is 2.27. The molecular weight excluding hydrogens is 372 g/mol. The van der Waals surface area contributed by atoms with Gasteiger partial charge in [0, 0.05) is 10.7 Å². The van der Waals surface area contributed by atoms with Crippen molar-refractivity contribution < 1.29 is 9.53 Å². The van der Waals surface area contributed by atoms with E-state index in [0.717, 1.165) is 5.56 Å². The van der Waals surface area contributed by atoms with Crippen molar-refractivity contribution >= 4 is 40.5 Å². The number of anilines is 1. The number of carbonyl (C=O) groups is 1. The summed E-state index contributed by atoms with van der Waals surface area (Å²) in [5.74, 6) is 0.0853. The molecule has 2 aromatic rings. The van der Waals surface area contributed by atoms with Crippen molar-refractivity contribution in [2.75, 3.05) is 5.32 Å². The molecule has 6 nitrogen and oxygen atoms in total. The van der Waals surface area contributed by atoms with Gasteiger partial charge in [0.1, 0.15) is 5.75 Å². The third kappa shape index (κ3) is 5.62. The Hall–Kier alpha value is -2.82. The summed E-state index contributed by atoms with van der Waals surface area (Å²) in [5.41, 5.74) is 7.25. The molecule has 1 atom stereocenters. The van der Waals surface area contributed by atoms with E-state index in [4.69, 9.17) is 33.8 Å². The maximum absolute atomic E-state index is 12.1. The van der Waals surface area contributed by atoms with E-state index >= 15 is 0 Å². The lowest BCUT2D eigenvalue weighted by Gasteiger charge is -2.16. The third-order valence-corrected chi connectivity index (χ3v) is 4.01. The van der Waals surface area contributed by atoms with Crippen LogP contribution >= 0.6 is 23.8 Å². The molecule has 2 rings (SSSR count). The zero-order chi connectivity index (χ0) is 19.1. The molecular formula is C18H17ClN4O2S. The van der Waals surface area contributed by atoms with E-state index in [1.807, 2.05) is 25.1 Å². The fraction of sp³-hybridized carbons (Fsp3) is 0.167. The van der Waals surface area contributed by atoms with Gasteiger partial charge in [0.2, 0.25) is 0 Å². The van der Waals surface area contributed by atoms with Crippen LogP contribution in [0, 0.1) is 18.3 Å². The third-order valence-electron chi connectivity index (χ3n) is 3.39. The number of hydrogen-bond donors (Lipinski definition) is 3. The molecule has 0 aliphatic carbocycles. The van der Waals surface area contributed by atoms with Crippen LogP contribution in [0.1, 0.15) is 18.1 Å². The number of amides is 1. The molecule has 0 radical (unpaired) electrons. The number of halogens is 1. The minimum atomic E-state index is -0.757. The number of rotatable bonds is 4. The average Bonchev–Trinajstić information content (AvgIpc) is 2.63. The van der Waals surface area contributed by atoms with Crippen LogP contribution in [0.3, 0.4) is 0 Å². The molecule has 8 heteroatoms. The number of aryl methyl sites for hydroxylation is 1. The number of hydrazine groups is 1. The largest absolute Gasteiger partial charge is 0.481 e. The molecule has 0 bridgehead atoms. The number of thiocarbonyl (C=S) groups is 1. The van der Waals surface area contributed by atoms with Gasteiger partial charge in [-0.2, -0.15) is 5.26 Å². The predicted molar refractivity (Wildman–Crippen MR) is 105 cm³/mol. The van der Waals surface area contributed by atoms with Crippen molar-refractivity contribution in [1.29, 1.82) is 5.26 Å². The van der Waals surface area contributed by atoms with E-state index in [1.165, 1.54) is 0 Å². The first kappa shape index (κ1) is 19.5. The summed E-state index contributed by atoms with van der Waals surface area (Å²) in [4.78, 5) is 12.1. The molecule has 0 unspecified atom stereocenters. The smallest absolute Gasteiger partial charge is 0.279 e. The summed E-state index contributed by atoms with van der Waals surface area (Å²) in [6.07, 6.45) is -0.757. The van der Waals surface area contributed by atoms with Gasteiger partial charge in [0.25, 0.3) is 5.91 Å². The lowest BCUT2D eigenvalue weighted by atomic mass is 10.2. The molecule has 0 saturated heterocycles. The highest BCUT2D eigenvalue weighted by molar-refractivity contribution is 7.80. The SMILES string of the molecule is Cc1ccc(NC(=S)NNC(=O)[C@@H](C)Oc2ccc(C#N)cc2)cc1Cl. The number of ether oxygens (including phenoxy) is 1. The Kier molecular flexibility index (Phi) is 6.78. The maximum atomic E-state index is 12.1. The Balaban J connectivity index is 1.81. The second-order valence-electron chi connectivity index (χ2n) is 5.43. The monoisotopic (exact) mass is 388 g/mol. The lowest BCUT2D eigenvalue weighted by Crippen LogP contribution is -2.48. The number of carbonyl (C=O) groups excluding carboxylic acids is 1. The van der Waals surface area contributed by atoms with Crippen molar-refractivity contribution in [3.63, 3.8) is 0 Å². The molecule has 1 amide bonds. The van der Waals surface area contributed by atoms with Crippen LogP contribution in [0.4, 0.5) is 5.69 Å². The van der Waals surface area contributed by atoms with Crippen LogP contribution in [0.15, 0.2) is 42.5 Å². The van der Waals surface area contributed by atoms with E-state index in [9.17, 15) is 4.79 Å². The summed E-state index contributed by atoms with van der Waals surface area (Å²) >= 11 is 11.2. The Morgan fingerprint density at radius 1 is 1.23 bits per heavy atom. The quantitative estimate of drug-likeness (QED) is 0.550. The van der Waals surface area contributed by atoms with Crippen molar-refractivity contribution in [3.8, 4) is 11.8 Å². The number of nitrogens with one attached hydrogen (secondary N) is 3. The molecule has 0 aliphatic rings. The highest BCUT2D eigenvalue weighted by Crippen LogP contribution is 2.19. The summed E-state index contributed by atoms with van der Waals surface area (Å²) in [7, 11) is 0. The van der Waals surface area contributed by atoms with E-state index in [2.05, 4.69) is 16.2 Å². The van der Waals surface area contributed by atoms with Gasteiger partial charge in [-0.05, 0) is 68.0 Å². The number of nitrogens with zero attached hydrogens (tertiary/aromatic N) is 1. The van der Waals surface area contributed by atoms with Crippen LogP contribution < -0.4 is 20.9 Å². The second kappa shape index (κ2) is 9.04.